The predicted octanol–water partition coefficient (Wildman–Crippen LogP) is 1.03. The Bertz CT molecular complexity index is 258. The van der Waals surface area contributed by atoms with E-state index in [4.69, 9.17) is 12.2 Å². The van der Waals surface area contributed by atoms with Crippen molar-refractivity contribution in [2.24, 2.45) is 11.1 Å². The van der Waals surface area contributed by atoms with Crippen molar-refractivity contribution in [1.29, 1.82) is 0 Å². The van der Waals surface area contributed by atoms with Gasteiger partial charge >= 0.3 is 0 Å². The molecule has 1 atom stereocenters. The lowest BCUT2D eigenvalue weighted by Crippen LogP contribution is -2.52. The zero-order chi connectivity index (χ0) is 11.3. The van der Waals surface area contributed by atoms with Crippen LogP contribution in [0.4, 0.5) is 0 Å². The van der Waals surface area contributed by atoms with Crippen molar-refractivity contribution >= 4 is 5.91 Å². The van der Waals surface area contributed by atoms with Crippen LogP contribution in [0, 0.1) is 17.8 Å². The number of carbonyl (C=O) groups is 1. The van der Waals surface area contributed by atoms with Crippen molar-refractivity contribution in [2.75, 3.05) is 6.54 Å². The Morgan fingerprint density at radius 1 is 1.67 bits per heavy atom. The number of hydrogen-bond acceptors (Lipinski definition) is 2. The first kappa shape index (κ1) is 12.1. The van der Waals surface area contributed by atoms with Crippen LogP contribution in [-0.4, -0.2) is 18.5 Å². The van der Waals surface area contributed by atoms with Gasteiger partial charge in [0.05, 0.1) is 5.41 Å². The maximum absolute atomic E-state index is 12.0. The number of carbonyl (C=O) groups excluding carboxylic acids is 1. The Hall–Kier alpha value is -1.01. The molecule has 3 heteroatoms. The third-order valence-electron chi connectivity index (χ3n) is 3.38. The minimum absolute atomic E-state index is 0.0957. The van der Waals surface area contributed by atoms with Gasteiger partial charge in [0.2, 0.25) is 5.91 Å². The molecule has 1 aliphatic rings. The Labute approximate surface area is 91.8 Å². The normalized spacial score (nSPS) is 19.8. The highest BCUT2D eigenvalue weighted by molar-refractivity contribution is 5.84. The molecule has 0 aromatic rings. The maximum atomic E-state index is 12.0. The summed E-state index contributed by atoms with van der Waals surface area (Å²) in [6, 6.07) is 0.103. The van der Waals surface area contributed by atoms with E-state index in [0.717, 1.165) is 25.7 Å². The second kappa shape index (κ2) is 5.18. The summed E-state index contributed by atoms with van der Waals surface area (Å²) in [5.41, 5.74) is 5.37. The summed E-state index contributed by atoms with van der Waals surface area (Å²) < 4.78 is 0. The fourth-order valence-electron chi connectivity index (χ4n) is 1.91. The number of rotatable bonds is 5. The van der Waals surface area contributed by atoms with Crippen LogP contribution in [0.1, 0.15) is 39.0 Å². The highest BCUT2D eigenvalue weighted by atomic mass is 16.2. The number of amides is 1. The molecule has 0 spiro atoms. The molecule has 0 aromatic heterocycles. The molecule has 0 saturated heterocycles. The fraction of sp³-hybridized carbons (Fsp3) is 0.750. The molecule has 0 radical (unpaired) electrons. The molecule has 0 aromatic carbocycles. The van der Waals surface area contributed by atoms with E-state index in [1.54, 1.807) is 0 Å². The molecule has 1 aliphatic carbocycles. The summed E-state index contributed by atoms with van der Waals surface area (Å²) in [7, 11) is 0. The van der Waals surface area contributed by atoms with Crippen molar-refractivity contribution in [3.8, 4) is 12.3 Å². The van der Waals surface area contributed by atoms with Crippen LogP contribution in [-0.2, 0) is 4.79 Å². The summed E-state index contributed by atoms with van der Waals surface area (Å²) in [4.78, 5) is 12.0. The van der Waals surface area contributed by atoms with E-state index in [-0.39, 0.29) is 17.4 Å². The van der Waals surface area contributed by atoms with Gasteiger partial charge in [-0.1, -0.05) is 13.3 Å². The van der Waals surface area contributed by atoms with Gasteiger partial charge in [-0.2, -0.15) is 0 Å². The quantitative estimate of drug-likeness (QED) is 0.663. The molecule has 1 amide bonds. The van der Waals surface area contributed by atoms with Crippen LogP contribution in [0.15, 0.2) is 0 Å². The third kappa shape index (κ3) is 2.51. The molecule has 15 heavy (non-hydrogen) atoms. The largest absolute Gasteiger partial charge is 0.352 e. The van der Waals surface area contributed by atoms with Crippen LogP contribution < -0.4 is 11.1 Å². The van der Waals surface area contributed by atoms with Crippen molar-refractivity contribution in [2.45, 2.75) is 45.1 Å². The van der Waals surface area contributed by atoms with Crippen LogP contribution in [0.3, 0.4) is 0 Å². The zero-order valence-electron chi connectivity index (χ0n) is 9.38. The first-order chi connectivity index (χ1) is 7.18. The van der Waals surface area contributed by atoms with E-state index in [2.05, 4.69) is 11.2 Å². The third-order valence-corrected chi connectivity index (χ3v) is 3.38. The molecule has 1 saturated carbocycles. The standard InChI is InChI=1S/C12H20N2O/c1-3-6-10(4-2)14-11(15)12(9-13)7-5-8-12/h1,10H,4-9,13H2,2H3,(H,14,15). The molecular weight excluding hydrogens is 188 g/mol. The molecule has 1 unspecified atom stereocenters. The second-order valence-corrected chi connectivity index (χ2v) is 4.32. The van der Waals surface area contributed by atoms with Crippen LogP contribution in [0.2, 0.25) is 0 Å². The van der Waals surface area contributed by atoms with Gasteiger partial charge in [-0.05, 0) is 19.3 Å². The topological polar surface area (TPSA) is 55.1 Å². The second-order valence-electron chi connectivity index (χ2n) is 4.32. The molecule has 84 valence electrons. The molecule has 0 aliphatic heterocycles. The van der Waals surface area contributed by atoms with Crippen LogP contribution >= 0.6 is 0 Å². The SMILES string of the molecule is C#CCC(CC)NC(=O)C1(CN)CCC1. The Morgan fingerprint density at radius 3 is 2.67 bits per heavy atom. The van der Waals surface area contributed by atoms with Gasteiger partial charge in [0.25, 0.3) is 0 Å². The van der Waals surface area contributed by atoms with E-state index in [1.807, 2.05) is 6.92 Å². The Kier molecular flexibility index (Phi) is 4.16. The Balaban J connectivity index is 2.50. The molecule has 0 heterocycles. The number of terminal acetylenes is 1. The molecule has 0 bridgehead atoms. The molecule has 1 rings (SSSR count). The van der Waals surface area contributed by atoms with E-state index < -0.39 is 0 Å². The van der Waals surface area contributed by atoms with Gasteiger partial charge in [0.15, 0.2) is 0 Å². The van der Waals surface area contributed by atoms with Crippen molar-refractivity contribution in [3.05, 3.63) is 0 Å². The van der Waals surface area contributed by atoms with Crippen LogP contribution in [0.5, 0.6) is 0 Å². The smallest absolute Gasteiger partial charge is 0.227 e. The lowest BCUT2D eigenvalue weighted by molar-refractivity contribution is -0.135. The van der Waals surface area contributed by atoms with Gasteiger partial charge in [0.1, 0.15) is 0 Å². The van der Waals surface area contributed by atoms with Gasteiger partial charge in [0, 0.05) is 19.0 Å². The van der Waals surface area contributed by atoms with Gasteiger partial charge in [-0.25, -0.2) is 0 Å². The summed E-state index contributed by atoms with van der Waals surface area (Å²) >= 11 is 0. The van der Waals surface area contributed by atoms with Gasteiger partial charge < -0.3 is 11.1 Å². The van der Waals surface area contributed by atoms with Crippen molar-refractivity contribution < 1.29 is 4.79 Å². The number of nitrogens with two attached hydrogens (primary N) is 1. The minimum atomic E-state index is -0.290. The van der Waals surface area contributed by atoms with E-state index in [1.165, 1.54) is 0 Å². The minimum Gasteiger partial charge on any atom is -0.352 e. The lowest BCUT2D eigenvalue weighted by atomic mass is 9.68. The van der Waals surface area contributed by atoms with Gasteiger partial charge in [-0.15, -0.1) is 12.3 Å². The van der Waals surface area contributed by atoms with Crippen molar-refractivity contribution in [1.82, 2.24) is 5.32 Å². The highest BCUT2D eigenvalue weighted by Gasteiger charge is 2.43. The predicted molar refractivity (Wildman–Crippen MR) is 61.0 cm³/mol. The number of hydrogen-bond donors (Lipinski definition) is 2. The zero-order valence-corrected chi connectivity index (χ0v) is 9.38. The Morgan fingerprint density at radius 2 is 2.33 bits per heavy atom. The summed E-state index contributed by atoms with van der Waals surface area (Å²) in [5, 5.41) is 3.00. The summed E-state index contributed by atoms with van der Waals surface area (Å²) in [5.74, 6) is 2.68. The first-order valence-corrected chi connectivity index (χ1v) is 5.63. The first-order valence-electron chi connectivity index (χ1n) is 5.63. The fourth-order valence-corrected chi connectivity index (χ4v) is 1.91. The number of nitrogens with one attached hydrogen (secondary N) is 1. The molecule has 1 fully saturated rings. The van der Waals surface area contributed by atoms with Crippen molar-refractivity contribution in [3.63, 3.8) is 0 Å². The molecule has 3 N–H and O–H groups in total. The maximum Gasteiger partial charge on any atom is 0.227 e. The van der Waals surface area contributed by atoms with Gasteiger partial charge in [-0.3, -0.25) is 4.79 Å². The average molecular weight is 208 g/mol. The van der Waals surface area contributed by atoms with E-state index in [9.17, 15) is 4.79 Å². The average Bonchev–Trinajstić information content (AvgIpc) is 2.16. The van der Waals surface area contributed by atoms with E-state index in [0.29, 0.717) is 13.0 Å². The highest BCUT2D eigenvalue weighted by Crippen LogP contribution is 2.40. The molecule has 3 nitrogen and oxygen atoms in total. The summed E-state index contributed by atoms with van der Waals surface area (Å²) in [6.45, 7) is 2.48. The van der Waals surface area contributed by atoms with Crippen LogP contribution in [0.25, 0.3) is 0 Å². The monoisotopic (exact) mass is 208 g/mol. The molecular formula is C12H20N2O. The van der Waals surface area contributed by atoms with E-state index >= 15 is 0 Å². The lowest BCUT2D eigenvalue weighted by Gasteiger charge is -2.40. The summed E-state index contributed by atoms with van der Waals surface area (Å²) in [6.07, 6.45) is 9.66.